The van der Waals surface area contributed by atoms with E-state index in [1.165, 1.54) is 13.2 Å². The zero-order valence-electron chi connectivity index (χ0n) is 14.4. The quantitative estimate of drug-likeness (QED) is 0.470. The Morgan fingerprint density at radius 1 is 1.26 bits per heavy atom. The maximum atomic E-state index is 12.5. The normalized spacial score (nSPS) is 10.9. The van der Waals surface area contributed by atoms with Crippen molar-refractivity contribution in [1.29, 1.82) is 5.26 Å². The van der Waals surface area contributed by atoms with Crippen LogP contribution in [0.25, 0.3) is 17.3 Å². The molecule has 0 fully saturated rings. The van der Waals surface area contributed by atoms with Crippen molar-refractivity contribution >= 4 is 33.6 Å². The number of nitrogens with zero attached hydrogens (tertiary/aromatic N) is 2. The molecule has 0 saturated carbocycles. The highest BCUT2D eigenvalue weighted by Crippen LogP contribution is 2.26. The van der Waals surface area contributed by atoms with Gasteiger partial charge < -0.3 is 10.1 Å². The van der Waals surface area contributed by atoms with Gasteiger partial charge in [-0.25, -0.2) is 0 Å². The Morgan fingerprint density at radius 3 is 2.70 bits per heavy atom. The minimum atomic E-state index is -0.523. The summed E-state index contributed by atoms with van der Waals surface area (Å²) in [6, 6.07) is 16.6. The van der Waals surface area contributed by atoms with Crippen molar-refractivity contribution < 1.29 is 9.53 Å². The lowest BCUT2D eigenvalue weighted by Gasteiger charge is -2.09. The molecule has 1 heterocycles. The lowest BCUT2D eigenvalue weighted by atomic mass is 10.1. The monoisotopic (exact) mass is 422 g/mol. The summed E-state index contributed by atoms with van der Waals surface area (Å²) in [5.41, 5.74) is 2.71. The van der Waals surface area contributed by atoms with E-state index in [4.69, 9.17) is 4.74 Å². The first-order valence-corrected chi connectivity index (χ1v) is 8.77. The van der Waals surface area contributed by atoms with Crippen LogP contribution in [0.2, 0.25) is 0 Å². The summed E-state index contributed by atoms with van der Waals surface area (Å²) in [6.07, 6.45) is 3.08. The Hall–Kier alpha value is -3.37. The second-order valence-electron chi connectivity index (χ2n) is 5.53. The van der Waals surface area contributed by atoms with Gasteiger partial charge in [0.15, 0.2) is 0 Å². The number of hydrogen-bond donors (Lipinski definition) is 2. The van der Waals surface area contributed by atoms with Gasteiger partial charge in [-0.05, 0) is 30.3 Å². The van der Waals surface area contributed by atoms with Crippen molar-refractivity contribution in [2.75, 3.05) is 12.4 Å². The molecular formula is C20H15BrN4O2. The second-order valence-corrected chi connectivity index (χ2v) is 6.45. The number of benzene rings is 2. The van der Waals surface area contributed by atoms with Crippen LogP contribution < -0.4 is 10.1 Å². The molecule has 0 radical (unpaired) electrons. The van der Waals surface area contributed by atoms with Gasteiger partial charge in [-0.3, -0.25) is 9.89 Å². The third-order valence-corrected chi connectivity index (χ3v) is 4.35. The number of carbonyl (C=O) groups excluding carboxylic acids is 1. The number of anilines is 1. The number of halogens is 1. The molecule has 1 aromatic heterocycles. The predicted octanol–water partition coefficient (Wildman–Crippen LogP) is 4.39. The van der Waals surface area contributed by atoms with Gasteiger partial charge in [-0.1, -0.05) is 40.2 Å². The molecule has 3 aromatic rings. The molecule has 0 unspecified atom stereocenters. The van der Waals surface area contributed by atoms with E-state index >= 15 is 0 Å². The first-order valence-electron chi connectivity index (χ1n) is 7.98. The van der Waals surface area contributed by atoms with E-state index in [1.807, 2.05) is 30.3 Å². The maximum absolute atomic E-state index is 12.5. The average molecular weight is 423 g/mol. The number of amides is 1. The van der Waals surface area contributed by atoms with Crippen LogP contribution in [0.5, 0.6) is 5.75 Å². The van der Waals surface area contributed by atoms with Crippen LogP contribution in [0.4, 0.5) is 5.69 Å². The summed E-state index contributed by atoms with van der Waals surface area (Å²) in [7, 11) is 1.52. The second kappa shape index (κ2) is 8.34. The van der Waals surface area contributed by atoms with Gasteiger partial charge in [-0.2, -0.15) is 10.4 Å². The van der Waals surface area contributed by atoms with Gasteiger partial charge in [-0.15, -0.1) is 0 Å². The summed E-state index contributed by atoms with van der Waals surface area (Å²) in [6.45, 7) is 0. The van der Waals surface area contributed by atoms with Crippen molar-refractivity contribution in [3.63, 3.8) is 0 Å². The molecule has 0 spiro atoms. The topological polar surface area (TPSA) is 90.8 Å². The van der Waals surface area contributed by atoms with Crippen LogP contribution in [0.15, 0.2) is 64.8 Å². The van der Waals surface area contributed by atoms with Gasteiger partial charge in [0.05, 0.1) is 24.7 Å². The number of H-pyrrole nitrogens is 1. The van der Waals surface area contributed by atoms with E-state index in [-0.39, 0.29) is 5.57 Å². The van der Waals surface area contributed by atoms with Crippen LogP contribution in [0.1, 0.15) is 5.56 Å². The number of nitrogens with one attached hydrogen (secondary N) is 2. The van der Waals surface area contributed by atoms with Gasteiger partial charge in [0.25, 0.3) is 5.91 Å². The Morgan fingerprint density at radius 2 is 2.00 bits per heavy atom. The molecule has 3 rings (SSSR count). The minimum absolute atomic E-state index is 0.0410. The summed E-state index contributed by atoms with van der Waals surface area (Å²) >= 11 is 3.40. The van der Waals surface area contributed by atoms with E-state index in [0.717, 1.165) is 15.7 Å². The van der Waals surface area contributed by atoms with E-state index in [9.17, 15) is 10.1 Å². The fourth-order valence-electron chi connectivity index (χ4n) is 2.49. The minimum Gasteiger partial charge on any atom is -0.495 e. The Kier molecular flexibility index (Phi) is 5.69. The number of aromatic nitrogens is 2. The van der Waals surface area contributed by atoms with Gasteiger partial charge in [0.2, 0.25) is 0 Å². The SMILES string of the molecule is COc1ccccc1NC(=O)C(C#N)=Cc1cn[nH]c1-c1ccc(Br)cc1. The fourth-order valence-corrected chi connectivity index (χ4v) is 2.76. The zero-order chi connectivity index (χ0) is 19.2. The van der Waals surface area contributed by atoms with Gasteiger partial charge in [0.1, 0.15) is 17.4 Å². The number of carbonyl (C=O) groups is 1. The predicted molar refractivity (Wildman–Crippen MR) is 107 cm³/mol. The first kappa shape index (κ1) is 18.4. The summed E-state index contributed by atoms with van der Waals surface area (Å²) in [5.74, 6) is -0.00745. The number of aromatic amines is 1. The van der Waals surface area contributed by atoms with E-state index in [2.05, 4.69) is 31.4 Å². The van der Waals surface area contributed by atoms with Crippen molar-refractivity contribution in [2.45, 2.75) is 0 Å². The van der Waals surface area contributed by atoms with Crippen LogP contribution in [0, 0.1) is 11.3 Å². The number of ether oxygens (including phenoxy) is 1. The van der Waals surface area contributed by atoms with Gasteiger partial charge >= 0.3 is 0 Å². The van der Waals surface area contributed by atoms with Crippen molar-refractivity contribution in [1.82, 2.24) is 10.2 Å². The molecule has 6 nitrogen and oxygen atoms in total. The van der Waals surface area contributed by atoms with Crippen LogP contribution in [-0.2, 0) is 4.79 Å². The van der Waals surface area contributed by atoms with Gasteiger partial charge in [0, 0.05) is 15.6 Å². The Balaban J connectivity index is 1.89. The summed E-state index contributed by atoms with van der Waals surface area (Å²) in [5, 5.41) is 19.1. The van der Waals surface area contributed by atoms with Crippen molar-refractivity contribution in [3.8, 4) is 23.1 Å². The molecule has 27 heavy (non-hydrogen) atoms. The average Bonchev–Trinajstić information content (AvgIpc) is 3.15. The molecule has 0 atom stereocenters. The lowest BCUT2D eigenvalue weighted by Crippen LogP contribution is -2.14. The number of rotatable bonds is 5. The van der Waals surface area contributed by atoms with Crippen molar-refractivity contribution in [3.05, 3.63) is 70.3 Å². The first-order chi connectivity index (χ1) is 13.1. The molecule has 0 aliphatic rings. The Bertz CT molecular complexity index is 1030. The van der Waals surface area contributed by atoms with E-state index < -0.39 is 5.91 Å². The van der Waals surface area contributed by atoms with Crippen LogP contribution in [-0.4, -0.2) is 23.2 Å². The molecule has 7 heteroatoms. The molecule has 0 aliphatic carbocycles. The third-order valence-electron chi connectivity index (χ3n) is 3.82. The number of methoxy groups -OCH3 is 1. The molecule has 2 aromatic carbocycles. The highest BCUT2D eigenvalue weighted by Gasteiger charge is 2.14. The number of para-hydroxylation sites is 2. The summed E-state index contributed by atoms with van der Waals surface area (Å²) in [4.78, 5) is 12.5. The maximum Gasteiger partial charge on any atom is 0.266 e. The standard InChI is InChI=1S/C20H15BrN4O2/c1-27-18-5-3-2-4-17(18)24-20(26)14(11-22)10-15-12-23-25-19(15)13-6-8-16(21)9-7-13/h2-10,12H,1H3,(H,23,25)(H,24,26). The van der Waals surface area contributed by atoms with Crippen molar-refractivity contribution in [2.24, 2.45) is 0 Å². The third kappa shape index (κ3) is 4.25. The molecular weight excluding hydrogens is 408 g/mol. The molecule has 0 saturated heterocycles. The highest BCUT2D eigenvalue weighted by molar-refractivity contribution is 9.10. The largest absolute Gasteiger partial charge is 0.495 e. The zero-order valence-corrected chi connectivity index (χ0v) is 15.9. The molecule has 0 aliphatic heterocycles. The number of nitriles is 1. The Labute approximate surface area is 164 Å². The van der Waals surface area contributed by atoms with Crippen LogP contribution >= 0.6 is 15.9 Å². The number of hydrogen-bond acceptors (Lipinski definition) is 4. The highest BCUT2D eigenvalue weighted by atomic mass is 79.9. The smallest absolute Gasteiger partial charge is 0.266 e. The van der Waals surface area contributed by atoms with E-state index in [1.54, 1.807) is 30.5 Å². The summed E-state index contributed by atoms with van der Waals surface area (Å²) < 4.78 is 6.17. The molecule has 1 amide bonds. The molecule has 2 N–H and O–H groups in total. The molecule has 0 bridgehead atoms. The lowest BCUT2D eigenvalue weighted by molar-refractivity contribution is -0.112. The van der Waals surface area contributed by atoms with Crippen LogP contribution in [0.3, 0.4) is 0 Å². The van der Waals surface area contributed by atoms with E-state index in [0.29, 0.717) is 17.0 Å². The fraction of sp³-hybridized carbons (Fsp3) is 0.0500. The molecule has 134 valence electrons.